The zero-order chi connectivity index (χ0) is 14.7. The predicted octanol–water partition coefficient (Wildman–Crippen LogP) is 4.04. The Hall–Kier alpha value is -1.38. The molecule has 1 fully saturated rings. The Bertz CT molecular complexity index is 587. The number of aliphatic hydroxyl groups is 1. The first-order valence-corrected chi connectivity index (χ1v) is 8.12. The van der Waals surface area contributed by atoms with Crippen LogP contribution in [0.5, 0.6) is 0 Å². The van der Waals surface area contributed by atoms with Crippen LogP contribution >= 0.6 is 0 Å². The molecule has 0 radical (unpaired) electrons. The summed E-state index contributed by atoms with van der Waals surface area (Å²) < 4.78 is 0. The summed E-state index contributed by atoms with van der Waals surface area (Å²) in [6.45, 7) is 2.98. The summed E-state index contributed by atoms with van der Waals surface area (Å²) in [4.78, 5) is 0. The largest absolute Gasteiger partial charge is 0.387 e. The Labute approximate surface area is 127 Å². The molecule has 2 heteroatoms. The van der Waals surface area contributed by atoms with E-state index in [0.717, 1.165) is 11.5 Å². The third-order valence-electron chi connectivity index (χ3n) is 4.77. The van der Waals surface area contributed by atoms with Gasteiger partial charge in [-0.3, -0.25) is 0 Å². The molecule has 112 valence electrons. The van der Waals surface area contributed by atoms with Crippen molar-refractivity contribution < 1.29 is 5.11 Å². The van der Waals surface area contributed by atoms with Crippen molar-refractivity contribution in [2.75, 3.05) is 6.54 Å². The predicted molar refractivity (Wildman–Crippen MR) is 88.3 cm³/mol. The van der Waals surface area contributed by atoms with Gasteiger partial charge in [0.25, 0.3) is 0 Å². The maximum atomic E-state index is 10.4. The van der Waals surface area contributed by atoms with Gasteiger partial charge in [-0.15, -0.1) is 0 Å². The lowest BCUT2D eigenvalue weighted by molar-refractivity contribution is 0.163. The summed E-state index contributed by atoms with van der Waals surface area (Å²) in [5.74, 6) is 0.869. The molecule has 0 heterocycles. The van der Waals surface area contributed by atoms with Gasteiger partial charge in [0.2, 0.25) is 0 Å². The van der Waals surface area contributed by atoms with Crippen molar-refractivity contribution in [3.8, 4) is 0 Å². The van der Waals surface area contributed by atoms with E-state index >= 15 is 0 Å². The van der Waals surface area contributed by atoms with E-state index in [0.29, 0.717) is 12.6 Å². The SMILES string of the molecule is CC1CCC(NCC(O)c2ccc3ccccc3c2)CC1. The van der Waals surface area contributed by atoms with Crippen LogP contribution in [0.4, 0.5) is 0 Å². The van der Waals surface area contributed by atoms with Gasteiger partial charge >= 0.3 is 0 Å². The first-order valence-electron chi connectivity index (χ1n) is 8.12. The first-order chi connectivity index (χ1) is 10.2. The lowest BCUT2D eigenvalue weighted by atomic mass is 9.87. The van der Waals surface area contributed by atoms with Crippen LogP contribution in [0.15, 0.2) is 42.5 Å². The van der Waals surface area contributed by atoms with Gasteiger partial charge in [-0.25, -0.2) is 0 Å². The second kappa shape index (κ2) is 6.59. The fraction of sp³-hybridized carbons (Fsp3) is 0.474. The second-order valence-electron chi connectivity index (χ2n) is 6.49. The Morgan fingerprint density at radius 3 is 2.52 bits per heavy atom. The van der Waals surface area contributed by atoms with Gasteiger partial charge in [0.05, 0.1) is 6.10 Å². The van der Waals surface area contributed by atoms with Gasteiger partial charge < -0.3 is 10.4 Å². The van der Waals surface area contributed by atoms with Crippen molar-refractivity contribution >= 4 is 10.8 Å². The topological polar surface area (TPSA) is 32.3 Å². The summed E-state index contributed by atoms with van der Waals surface area (Å²) in [5.41, 5.74) is 1.00. The van der Waals surface area contributed by atoms with Crippen LogP contribution in [0.1, 0.15) is 44.3 Å². The number of hydrogen-bond acceptors (Lipinski definition) is 2. The van der Waals surface area contributed by atoms with E-state index in [1.165, 1.54) is 36.5 Å². The molecule has 1 aliphatic carbocycles. The Morgan fingerprint density at radius 1 is 1.05 bits per heavy atom. The van der Waals surface area contributed by atoms with Gasteiger partial charge in [-0.05, 0) is 54.0 Å². The van der Waals surface area contributed by atoms with Crippen LogP contribution in [-0.2, 0) is 0 Å². The Balaban J connectivity index is 1.60. The highest BCUT2D eigenvalue weighted by Gasteiger charge is 2.18. The minimum atomic E-state index is -0.422. The molecule has 3 rings (SSSR count). The van der Waals surface area contributed by atoms with Crippen molar-refractivity contribution in [2.24, 2.45) is 5.92 Å². The molecule has 2 aromatic rings. The maximum absolute atomic E-state index is 10.4. The molecule has 0 bridgehead atoms. The smallest absolute Gasteiger partial charge is 0.0914 e. The average Bonchev–Trinajstić information content (AvgIpc) is 2.53. The monoisotopic (exact) mass is 283 g/mol. The van der Waals surface area contributed by atoms with Crippen LogP contribution < -0.4 is 5.32 Å². The van der Waals surface area contributed by atoms with Gasteiger partial charge in [-0.2, -0.15) is 0 Å². The van der Waals surface area contributed by atoms with Gasteiger partial charge in [0.15, 0.2) is 0 Å². The summed E-state index contributed by atoms with van der Waals surface area (Å²) in [7, 11) is 0. The maximum Gasteiger partial charge on any atom is 0.0914 e. The zero-order valence-corrected chi connectivity index (χ0v) is 12.8. The highest BCUT2D eigenvalue weighted by atomic mass is 16.3. The van der Waals surface area contributed by atoms with E-state index in [9.17, 15) is 5.11 Å². The molecule has 21 heavy (non-hydrogen) atoms. The van der Waals surface area contributed by atoms with E-state index in [1.54, 1.807) is 0 Å². The van der Waals surface area contributed by atoms with Crippen LogP contribution in [0.25, 0.3) is 10.8 Å². The van der Waals surface area contributed by atoms with Crippen LogP contribution in [-0.4, -0.2) is 17.7 Å². The van der Waals surface area contributed by atoms with Crippen molar-refractivity contribution in [1.82, 2.24) is 5.32 Å². The summed E-state index contributed by atoms with van der Waals surface area (Å²) in [6.07, 6.45) is 4.68. The van der Waals surface area contributed by atoms with Gasteiger partial charge in [0.1, 0.15) is 0 Å². The summed E-state index contributed by atoms with van der Waals surface area (Å²) in [6, 6.07) is 15.1. The second-order valence-corrected chi connectivity index (χ2v) is 6.49. The van der Waals surface area contributed by atoms with Crippen LogP contribution in [0, 0.1) is 5.92 Å². The summed E-state index contributed by atoms with van der Waals surface area (Å²) >= 11 is 0. The molecule has 0 aromatic heterocycles. The molecule has 0 spiro atoms. The number of nitrogens with one attached hydrogen (secondary N) is 1. The van der Waals surface area contributed by atoms with Gasteiger partial charge in [-0.1, -0.05) is 43.3 Å². The summed E-state index contributed by atoms with van der Waals surface area (Å²) in [5, 5.41) is 16.4. The zero-order valence-electron chi connectivity index (χ0n) is 12.8. The fourth-order valence-electron chi connectivity index (χ4n) is 3.28. The molecule has 1 atom stereocenters. The quantitative estimate of drug-likeness (QED) is 0.887. The van der Waals surface area contributed by atoms with E-state index in [1.807, 2.05) is 18.2 Å². The van der Waals surface area contributed by atoms with Crippen molar-refractivity contribution in [1.29, 1.82) is 0 Å². The number of rotatable bonds is 4. The minimum Gasteiger partial charge on any atom is -0.387 e. The highest BCUT2D eigenvalue weighted by Crippen LogP contribution is 2.24. The molecular formula is C19H25NO. The molecule has 2 N–H and O–H groups in total. The number of benzene rings is 2. The Kier molecular flexibility index (Phi) is 4.57. The molecule has 0 aliphatic heterocycles. The van der Waals surface area contributed by atoms with Crippen LogP contribution in [0.3, 0.4) is 0 Å². The average molecular weight is 283 g/mol. The minimum absolute atomic E-state index is 0.422. The third kappa shape index (κ3) is 3.63. The fourth-order valence-corrected chi connectivity index (χ4v) is 3.28. The van der Waals surface area contributed by atoms with E-state index in [4.69, 9.17) is 0 Å². The van der Waals surface area contributed by atoms with Crippen LogP contribution in [0.2, 0.25) is 0 Å². The Morgan fingerprint density at radius 2 is 1.76 bits per heavy atom. The lowest BCUT2D eigenvalue weighted by Crippen LogP contribution is -2.35. The number of aliphatic hydroxyl groups excluding tert-OH is 1. The molecule has 0 saturated heterocycles. The lowest BCUT2D eigenvalue weighted by Gasteiger charge is -2.28. The van der Waals surface area contributed by atoms with E-state index in [2.05, 4.69) is 36.5 Å². The number of hydrogen-bond donors (Lipinski definition) is 2. The molecule has 0 amide bonds. The number of fused-ring (bicyclic) bond motifs is 1. The highest BCUT2D eigenvalue weighted by molar-refractivity contribution is 5.83. The van der Waals surface area contributed by atoms with Gasteiger partial charge in [0, 0.05) is 12.6 Å². The molecule has 2 aromatic carbocycles. The molecule has 1 unspecified atom stereocenters. The van der Waals surface area contributed by atoms with E-state index < -0.39 is 6.10 Å². The standard InChI is InChI=1S/C19H25NO/c1-14-6-10-18(11-7-14)20-13-19(21)17-9-8-15-4-2-3-5-16(15)12-17/h2-5,8-9,12,14,18-21H,6-7,10-11,13H2,1H3. The van der Waals surface area contributed by atoms with E-state index in [-0.39, 0.29) is 0 Å². The normalized spacial score (nSPS) is 24.1. The van der Waals surface area contributed by atoms with Crippen molar-refractivity contribution in [3.05, 3.63) is 48.0 Å². The molecule has 1 saturated carbocycles. The third-order valence-corrected chi connectivity index (χ3v) is 4.77. The molecular weight excluding hydrogens is 258 g/mol. The molecule has 1 aliphatic rings. The van der Waals surface area contributed by atoms with Crippen molar-refractivity contribution in [3.63, 3.8) is 0 Å². The van der Waals surface area contributed by atoms with Crippen molar-refractivity contribution in [2.45, 2.75) is 44.8 Å². The first kappa shape index (κ1) is 14.6. The molecule has 2 nitrogen and oxygen atoms in total.